The molecule has 0 saturated heterocycles. The molecule has 0 atom stereocenters. The van der Waals surface area contributed by atoms with Gasteiger partial charge in [0, 0.05) is 6.54 Å². The van der Waals surface area contributed by atoms with Gasteiger partial charge in [0.05, 0.1) is 11.6 Å². The topological polar surface area (TPSA) is 59.6 Å². The van der Waals surface area contributed by atoms with Gasteiger partial charge in [-0.1, -0.05) is 11.6 Å². The molecule has 0 unspecified atom stereocenters. The molecule has 0 radical (unpaired) electrons. The Labute approximate surface area is 117 Å². The smallest absolute Gasteiger partial charge is 0.233 e. The fourth-order valence-corrected chi connectivity index (χ4v) is 2.17. The van der Waals surface area contributed by atoms with Crippen LogP contribution in [-0.4, -0.2) is 39.3 Å². The summed E-state index contributed by atoms with van der Waals surface area (Å²) in [7, 11) is 1.74. The number of nitrogens with one attached hydrogen (secondary N) is 2. The molecule has 0 bridgehead atoms. The van der Waals surface area contributed by atoms with Crippen molar-refractivity contribution in [3.8, 4) is 11.5 Å². The molecule has 0 saturated carbocycles. The van der Waals surface area contributed by atoms with Crippen LogP contribution < -0.4 is 20.1 Å². The van der Waals surface area contributed by atoms with Gasteiger partial charge in [-0.15, -0.1) is 0 Å². The zero-order valence-corrected chi connectivity index (χ0v) is 11.5. The predicted molar refractivity (Wildman–Crippen MR) is 73.1 cm³/mol. The highest BCUT2D eigenvalue weighted by Gasteiger charge is 2.16. The number of rotatable bonds is 5. The molecular formula is C13H17ClN2O3. The molecule has 1 aromatic rings. The lowest BCUT2D eigenvalue weighted by Gasteiger charge is -2.20. The van der Waals surface area contributed by atoms with E-state index in [4.69, 9.17) is 21.1 Å². The molecule has 5 nitrogen and oxygen atoms in total. The minimum absolute atomic E-state index is 0.0221. The van der Waals surface area contributed by atoms with Crippen LogP contribution in [0.2, 0.25) is 5.02 Å². The first-order valence-electron chi connectivity index (χ1n) is 6.20. The van der Waals surface area contributed by atoms with Gasteiger partial charge in [0.15, 0.2) is 11.5 Å². The van der Waals surface area contributed by atoms with E-state index in [9.17, 15) is 4.79 Å². The van der Waals surface area contributed by atoms with Gasteiger partial charge in [0.1, 0.15) is 13.2 Å². The van der Waals surface area contributed by atoms with Crippen molar-refractivity contribution in [1.82, 2.24) is 10.6 Å². The highest BCUT2D eigenvalue weighted by molar-refractivity contribution is 6.32. The summed E-state index contributed by atoms with van der Waals surface area (Å²) < 4.78 is 11.0. The molecule has 0 aromatic heterocycles. The minimum atomic E-state index is -0.0221. The van der Waals surface area contributed by atoms with Crippen LogP contribution in [0.1, 0.15) is 5.56 Å². The molecule has 1 aromatic carbocycles. The number of likely N-dealkylation sites (N-methyl/N-ethyl adjacent to an activating group) is 1. The third-order valence-corrected chi connectivity index (χ3v) is 3.01. The number of halogens is 1. The van der Waals surface area contributed by atoms with E-state index in [1.807, 2.05) is 12.1 Å². The lowest BCUT2D eigenvalue weighted by Crippen LogP contribution is -2.33. The second-order valence-electron chi connectivity index (χ2n) is 4.23. The molecule has 0 fully saturated rings. The number of carbonyl (C=O) groups excluding carboxylic acids is 1. The molecule has 1 aliphatic heterocycles. The van der Waals surface area contributed by atoms with E-state index in [0.29, 0.717) is 49.2 Å². The van der Waals surface area contributed by atoms with Gasteiger partial charge in [0.25, 0.3) is 0 Å². The average molecular weight is 285 g/mol. The predicted octanol–water partition coefficient (Wildman–Crippen LogP) is 0.989. The maximum Gasteiger partial charge on any atom is 0.233 e. The Bertz CT molecular complexity index is 465. The maximum atomic E-state index is 11.3. The molecule has 1 heterocycles. The number of fused-ring (bicyclic) bond motifs is 1. The summed E-state index contributed by atoms with van der Waals surface area (Å²) in [5, 5.41) is 6.16. The van der Waals surface area contributed by atoms with E-state index in [-0.39, 0.29) is 5.91 Å². The number of hydrogen-bond acceptors (Lipinski definition) is 4. The van der Waals surface area contributed by atoms with Crippen molar-refractivity contribution in [2.75, 3.05) is 33.4 Å². The van der Waals surface area contributed by atoms with E-state index in [1.165, 1.54) is 0 Å². The van der Waals surface area contributed by atoms with E-state index in [2.05, 4.69) is 10.6 Å². The lowest BCUT2D eigenvalue weighted by molar-refractivity contribution is -0.120. The summed E-state index contributed by atoms with van der Waals surface area (Å²) in [5.41, 5.74) is 1.01. The third-order valence-electron chi connectivity index (χ3n) is 2.73. The zero-order valence-electron chi connectivity index (χ0n) is 10.8. The third kappa shape index (κ3) is 3.75. The molecular weight excluding hydrogens is 268 g/mol. The van der Waals surface area contributed by atoms with Crippen molar-refractivity contribution < 1.29 is 14.3 Å². The SMILES string of the molecule is CNCC(=O)NCCc1cc(Cl)c2c(c1)OCCO2. The quantitative estimate of drug-likeness (QED) is 0.847. The standard InChI is InChI=1S/C13H17ClN2O3/c1-15-8-12(17)16-3-2-9-6-10(14)13-11(7-9)18-4-5-19-13/h6-7,15H,2-5,8H2,1H3,(H,16,17). The van der Waals surface area contributed by atoms with Crippen molar-refractivity contribution in [3.05, 3.63) is 22.7 Å². The Hall–Kier alpha value is -1.46. The minimum Gasteiger partial charge on any atom is -0.486 e. The molecule has 19 heavy (non-hydrogen) atoms. The van der Waals surface area contributed by atoms with Crippen molar-refractivity contribution in [2.45, 2.75) is 6.42 Å². The highest BCUT2D eigenvalue weighted by Crippen LogP contribution is 2.38. The fraction of sp³-hybridized carbons (Fsp3) is 0.462. The van der Waals surface area contributed by atoms with Crippen molar-refractivity contribution in [1.29, 1.82) is 0 Å². The maximum absolute atomic E-state index is 11.3. The van der Waals surface area contributed by atoms with Gasteiger partial charge in [-0.2, -0.15) is 0 Å². The molecule has 0 aliphatic carbocycles. The Balaban J connectivity index is 1.94. The van der Waals surface area contributed by atoms with Gasteiger partial charge >= 0.3 is 0 Å². The van der Waals surface area contributed by atoms with Gasteiger partial charge in [-0.05, 0) is 31.2 Å². The second kappa shape index (κ2) is 6.63. The fourth-order valence-electron chi connectivity index (χ4n) is 1.88. The average Bonchev–Trinajstić information content (AvgIpc) is 2.39. The second-order valence-corrected chi connectivity index (χ2v) is 4.64. The molecule has 2 N–H and O–H groups in total. The molecule has 104 valence electrons. The molecule has 1 amide bonds. The highest BCUT2D eigenvalue weighted by atomic mass is 35.5. The number of amides is 1. The van der Waals surface area contributed by atoms with Crippen molar-refractivity contribution >= 4 is 17.5 Å². The zero-order chi connectivity index (χ0) is 13.7. The van der Waals surface area contributed by atoms with Crippen LogP contribution in [0.25, 0.3) is 0 Å². The Morgan fingerprint density at radius 1 is 1.37 bits per heavy atom. The number of carbonyl (C=O) groups is 1. The van der Waals surface area contributed by atoms with E-state index in [0.717, 1.165) is 5.56 Å². The Kier molecular flexibility index (Phi) is 4.87. The van der Waals surface area contributed by atoms with E-state index >= 15 is 0 Å². The van der Waals surface area contributed by atoms with E-state index in [1.54, 1.807) is 7.05 Å². The first-order chi connectivity index (χ1) is 9.20. The number of benzene rings is 1. The summed E-state index contributed by atoms with van der Waals surface area (Å²) in [4.78, 5) is 11.3. The molecule has 2 rings (SSSR count). The summed E-state index contributed by atoms with van der Waals surface area (Å²) in [6.45, 7) is 1.94. The lowest BCUT2D eigenvalue weighted by atomic mass is 10.1. The van der Waals surface area contributed by atoms with Crippen LogP contribution in [0.4, 0.5) is 0 Å². The van der Waals surface area contributed by atoms with Crippen LogP contribution >= 0.6 is 11.6 Å². The van der Waals surface area contributed by atoms with Crippen molar-refractivity contribution in [2.24, 2.45) is 0 Å². The van der Waals surface area contributed by atoms with Crippen LogP contribution in [-0.2, 0) is 11.2 Å². The number of hydrogen-bond donors (Lipinski definition) is 2. The summed E-state index contributed by atoms with van der Waals surface area (Å²) >= 11 is 6.14. The largest absolute Gasteiger partial charge is 0.486 e. The van der Waals surface area contributed by atoms with Gasteiger partial charge in [-0.25, -0.2) is 0 Å². The van der Waals surface area contributed by atoms with Gasteiger partial charge < -0.3 is 20.1 Å². The van der Waals surface area contributed by atoms with Crippen LogP contribution in [0, 0.1) is 0 Å². The molecule has 0 spiro atoms. The summed E-state index contributed by atoms with van der Waals surface area (Å²) in [5.74, 6) is 1.26. The van der Waals surface area contributed by atoms with Crippen LogP contribution in [0.15, 0.2) is 12.1 Å². The number of ether oxygens (including phenoxy) is 2. The van der Waals surface area contributed by atoms with Crippen LogP contribution in [0.5, 0.6) is 11.5 Å². The first kappa shape index (κ1) is 14.0. The van der Waals surface area contributed by atoms with E-state index < -0.39 is 0 Å². The Morgan fingerprint density at radius 3 is 2.95 bits per heavy atom. The molecule has 1 aliphatic rings. The van der Waals surface area contributed by atoms with Crippen molar-refractivity contribution in [3.63, 3.8) is 0 Å². The summed E-state index contributed by atoms with van der Waals surface area (Å²) in [6, 6.07) is 3.75. The monoisotopic (exact) mass is 284 g/mol. The first-order valence-corrected chi connectivity index (χ1v) is 6.58. The van der Waals surface area contributed by atoms with Gasteiger partial charge in [0.2, 0.25) is 5.91 Å². The van der Waals surface area contributed by atoms with Gasteiger partial charge in [-0.3, -0.25) is 4.79 Å². The summed E-state index contributed by atoms with van der Waals surface area (Å²) in [6.07, 6.45) is 0.700. The normalized spacial score (nSPS) is 13.2. The Morgan fingerprint density at radius 2 is 2.16 bits per heavy atom. The molecule has 6 heteroatoms. The van der Waals surface area contributed by atoms with Crippen LogP contribution in [0.3, 0.4) is 0 Å².